The molecule has 20 heavy (non-hydrogen) atoms. The molecule has 2 atom stereocenters. The molecule has 0 saturated heterocycles. The quantitative estimate of drug-likeness (QED) is 0.921. The van der Waals surface area contributed by atoms with Crippen LogP contribution < -0.4 is 10.5 Å². The van der Waals surface area contributed by atoms with E-state index in [1.54, 1.807) is 7.11 Å². The van der Waals surface area contributed by atoms with Gasteiger partial charge in [-0.3, -0.25) is 4.21 Å². The van der Waals surface area contributed by atoms with E-state index in [1.807, 2.05) is 55.5 Å². The molecule has 0 saturated carbocycles. The summed E-state index contributed by atoms with van der Waals surface area (Å²) >= 11 is 0. The van der Waals surface area contributed by atoms with Crippen LogP contribution in [0.4, 0.5) is 0 Å². The Labute approximate surface area is 122 Å². The van der Waals surface area contributed by atoms with Crippen LogP contribution >= 0.6 is 0 Å². The first-order valence-corrected chi connectivity index (χ1v) is 7.77. The monoisotopic (exact) mass is 289 g/mol. The third kappa shape index (κ3) is 3.46. The van der Waals surface area contributed by atoms with Gasteiger partial charge in [-0.1, -0.05) is 30.3 Å². The SMILES string of the molecule is COc1ccccc1C(N)CS(=O)c1cccc(C)c1. The molecule has 2 rings (SSSR count). The molecule has 0 aliphatic carbocycles. The predicted molar refractivity (Wildman–Crippen MR) is 82.4 cm³/mol. The second-order valence-corrected chi connectivity index (χ2v) is 6.17. The lowest BCUT2D eigenvalue weighted by molar-refractivity contribution is 0.407. The highest BCUT2D eigenvalue weighted by atomic mass is 32.2. The topological polar surface area (TPSA) is 52.3 Å². The number of benzene rings is 2. The number of nitrogens with two attached hydrogens (primary N) is 1. The number of ether oxygens (including phenoxy) is 1. The van der Waals surface area contributed by atoms with Gasteiger partial charge in [0.1, 0.15) is 5.75 Å². The summed E-state index contributed by atoms with van der Waals surface area (Å²) in [5.74, 6) is 1.12. The molecular formula is C16H19NO2S. The van der Waals surface area contributed by atoms with Crippen molar-refractivity contribution in [3.05, 3.63) is 59.7 Å². The lowest BCUT2D eigenvalue weighted by Gasteiger charge is -2.15. The maximum Gasteiger partial charge on any atom is 0.123 e. The molecule has 0 radical (unpaired) electrons. The van der Waals surface area contributed by atoms with Gasteiger partial charge in [0.25, 0.3) is 0 Å². The largest absolute Gasteiger partial charge is 0.496 e. The average molecular weight is 289 g/mol. The zero-order chi connectivity index (χ0) is 14.5. The summed E-state index contributed by atoms with van der Waals surface area (Å²) in [5, 5.41) is 0. The molecule has 106 valence electrons. The van der Waals surface area contributed by atoms with E-state index in [0.29, 0.717) is 5.75 Å². The van der Waals surface area contributed by atoms with Gasteiger partial charge in [0.2, 0.25) is 0 Å². The first-order valence-electron chi connectivity index (χ1n) is 6.45. The molecule has 2 N–H and O–H groups in total. The van der Waals surface area contributed by atoms with Gasteiger partial charge in [0.05, 0.1) is 17.9 Å². The molecule has 2 aromatic carbocycles. The van der Waals surface area contributed by atoms with E-state index in [9.17, 15) is 4.21 Å². The number of hydrogen-bond acceptors (Lipinski definition) is 3. The fourth-order valence-electron chi connectivity index (χ4n) is 2.08. The predicted octanol–water partition coefficient (Wildman–Crippen LogP) is 2.81. The number of hydrogen-bond donors (Lipinski definition) is 1. The van der Waals surface area contributed by atoms with Crippen LogP contribution in [-0.2, 0) is 10.8 Å². The molecule has 0 aromatic heterocycles. The molecule has 2 unspecified atom stereocenters. The number of methoxy groups -OCH3 is 1. The van der Waals surface area contributed by atoms with Gasteiger partial charge in [-0.15, -0.1) is 0 Å². The van der Waals surface area contributed by atoms with Crippen molar-refractivity contribution < 1.29 is 8.95 Å². The van der Waals surface area contributed by atoms with Gasteiger partial charge in [0.15, 0.2) is 0 Å². The second kappa shape index (κ2) is 6.68. The molecule has 0 fully saturated rings. The van der Waals surface area contributed by atoms with Gasteiger partial charge >= 0.3 is 0 Å². The Morgan fingerprint density at radius 2 is 1.95 bits per heavy atom. The van der Waals surface area contributed by atoms with E-state index in [2.05, 4.69) is 0 Å². The van der Waals surface area contributed by atoms with Crippen molar-refractivity contribution in [1.82, 2.24) is 0 Å². The highest BCUT2D eigenvalue weighted by Gasteiger charge is 2.15. The summed E-state index contributed by atoms with van der Waals surface area (Å²) in [5.41, 5.74) is 8.16. The lowest BCUT2D eigenvalue weighted by atomic mass is 10.1. The van der Waals surface area contributed by atoms with E-state index in [-0.39, 0.29) is 6.04 Å². The van der Waals surface area contributed by atoms with Crippen LogP contribution in [0.2, 0.25) is 0 Å². The van der Waals surface area contributed by atoms with Crippen molar-refractivity contribution in [3.8, 4) is 5.75 Å². The summed E-state index contributed by atoms with van der Waals surface area (Å²) < 4.78 is 17.7. The van der Waals surface area contributed by atoms with Crippen LogP contribution in [-0.4, -0.2) is 17.1 Å². The maximum absolute atomic E-state index is 12.4. The Morgan fingerprint density at radius 1 is 1.20 bits per heavy atom. The Kier molecular flexibility index (Phi) is 4.93. The normalized spacial score (nSPS) is 13.8. The molecule has 4 heteroatoms. The summed E-state index contributed by atoms with van der Waals surface area (Å²) in [6.45, 7) is 1.99. The minimum absolute atomic E-state index is 0.313. The maximum atomic E-state index is 12.4. The third-order valence-electron chi connectivity index (χ3n) is 3.12. The zero-order valence-electron chi connectivity index (χ0n) is 11.7. The zero-order valence-corrected chi connectivity index (χ0v) is 12.5. The van der Waals surface area contributed by atoms with Crippen LogP contribution in [0.5, 0.6) is 5.75 Å². The second-order valence-electron chi connectivity index (χ2n) is 4.68. The summed E-state index contributed by atoms with van der Waals surface area (Å²) in [6.07, 6.45) is 0. The Balaban J connectivity index is 2.15. The van der Waals surface area contributed by atoms with Crippen LogP contribution in [0.15, 0.2) is 53.4 Å². The molecule has 0 amide bonds. The third-order valence-corrected chi connectivity index (χ3v) is 4.56. The minimum Gasteiger partial charge on any atom is -0.496 e. The van der Waals surface area contributed by atoms with Gasteiger partial charge in [-0.2, -0.15) is 0 Å². The summed E-state index contributed by atoms with van der Waals surface area (Å²) in [4.78, 5) is 0.815. The van der Waals surface area contributed by atoms with Crippen LogP contribution in [0.1, 0.15) is 17.2 Å². The van der Waals surface area contributed by atoms with Crippen LogP contribution in [0.3, 0.4) is 0 Å². The molecule has 0 heterocycles. The first kappa shape index (κ1) is 14.8. The van der Waals surface area contributed by atoms with E-state index in [0.717, 1.165) is 21.8 Å². The Hall–Kier alpha value is -1.65. The average Bonchev–Trinajstić information content (AvgIpc) is 2.47. The Morgan fingerprint density at radius 3 is 2.65 bits per heavy atom. The summed E-state index contributed by atoms with van der Waals surface area (Å²) in [7, 11) is 0.499. The standard InChI is InChI=1S/C16H19NO2S/c1-12-6-5-7-13(10-12)20(18)11-15(17)14-8-3-4-9-16(14)19-2/h3-10,15H,11,17H2,1-2H3. The molecular weight excluding hydrogens is 270 g/mol. The lowest BCUT2D eigenvalue weighted by Crippen LogP contribution is -2.19. The number of rotatable bonds is 5. The Bertz CT molecular complexity index is 613. The van der Waals surface area contributed by atoms with Gasteiger partial charge in [-0.25, -0.2) is 0 Å². The van der Waals surface area contributed by atoms with Gasteiger partial charge in [0, 0.05) is 22.3 Å². The van der Waals surface area contributed by atoms with Crippen molar-refractivity contribution in [1.29, 1.82) is 0 Å². The highest BCUT2D eigenvalue weighted by molar-refractivity contribution is 7.85. The van der Waals surface area contributed by atoms with Crippen LogP contribution in [0.25, 0.3) is 0 Å². The van der Waals surface area contributed by atoms with E-state index in [4.69, 9.17) is 10.5 Å². The fraction of sp³-hybridized carbons (Fsp3) is 0.250. The number of aryl methyl sites for hydroxylation is 1. The molecule has 0 bridgehead atoms. The van der Waals surface area contributed by atoms with Crippen molar-refractivity contribution in [2.45, 2.75) is 17.9 Å². The molecule has 2 aromatic rings. The molecule has 0 aliphatic heterocycles. The van der Waals surface area contributed by atoms with Crippen molar-refractivity contribution in [2.75, 3.05) is 12.9 Å². The van der Waals surface area contributed by atoms with Crippen molar-refractivity contribution in [3.63, 3.8) is 0 Å². The molecule has 3 nitrogen and oxygen atoms in total. The minimum atomic E-state index is -1.12. The first-order chi connectivity index (χ1) is 9.61. The van der Waals surface area contributed by atoms with Crippen molar-refractivity contribution in [2.24, 2.45) is 5.73 Å². The summed E-state index contributed by atoms with van der Waals surface area (Å²) in [6, 6.07) is 15.0. The van der Waals surface area contributed by atoms with E-state index >= 15 is 0 Å². The van der Waals surface area contributed by atoms with Crippen molar-refractivity contribution >= 4 is 10.8 Å². The molecule has 0 spiro atoms. The van der Waals surface area contributed by atoms with Gasteiger partial charge < -0.3 is 10.5 Å². The smallest absolute Gasteiger partial charge is 0.123 e. The number of para-hydroxylation sites is 1. The van der Waals surface area contributed by atoms with E-state index in [1.165, 1.54) is 0 Å². The van der Waals surface area contributed by atoms with E-state index < -0.39 is 10.8 Å². The highest BCUT2D eigenvalue weighted by Crippen LogP contribution is 2.24. The fourth-order valence-corrected chi connectivity index (χ4v) is 3.32. The molecule has 0 aliphatic rings. The van der Waals surface area contributed by atoms with Crippen LogP contribution in [0, 0.1) is 6.92 Å². The van der Waals surface area contributed by atoms with Gasteiger partial charge in [-0.05, 0) is 30.7 Å².